The molecule has 2 N–H and O–H groups in total. The van der Waals surface area contributed by atoms with Crippen molar-refractivity contribution in [1.82, 2.24) is 10.3 Å². The van der Waals surface area contributed by atoms with E-state index in [1.54, 1.807) is 11.3 Å². The first-order valence-corrected chi connectivity index (χ1v) is 7.35. The molecule has 1 saturated heterocycles. The normalized spacial score (nSPS) is 23.9. The molecular weight excluding hydrogens is 246 g/mol. The topological polar surface area (TPSA) is 54.0 Å². The van der Waals surface area contributed by atoms with E-state index >= 15 is 0 Å². The van der Waals surface area contributed by atoms with E-state index in [-0.39, 0.29) is 11.3 Å². The summed E-state index contributed by atoms with van der Waals surface area (Å²) >= 11 is 1.55. The number of nitrogens with one attached hydrogen (secondary N) is 2. The van der Waals surface area contributed by atoms with E-state index in [0.29, 0.717) is 0 Å². The van der Waals surface area contributed by atoms with Gasteiger partial charge in [0.25, 0.3) is 0 Å². The van der Waals surface area contributed by atoms with Crippen LogP contribution >= 0.6 is 11.3 Å². The van der Waals surface area contributed by atoms with Gasteiger partial charge in [0.15, 0.2) is 5.13 Å². The van der Waals surface area contributed by atoms with Gasteiger partial charge < -0.3 is 10.6 Å². The fraction of sp³-hybridized carbons (Fsp3) is 0.692. The van der Waals surface area contributed by atoms with Gasteiger partial charge in [-0.1, -0.05) is 6.92 Å². The number of aromatic nitrogens is 1. The molecule has 0 aromatic carbocycles. The first-order valence-electron chi connectivity index (χ1n) is 6.53. The smallest absolute Gasteiger partial charge is 0.233 e. The highest BCUT2D eigenvalue weighted by atomic mass is 32.1. The number of rotatable bonds is 3. The second-order valence-electron chi connectivity index (χ2n) is 5.03. The quantitative estimate of drug-likeness (QED) is 0.884. The predicted molar refractivity (Wildman–Crippen MR) is 75.0 cm³/mol. The second-order valence-corrected chi connectivity index (χ2v) is 6.23. The molecule has 1 aliphatic rings. The lowest BCUT2D eigenvalue weighted by Gasteiger charge is -2.35. The van der Waals surface area contributed by atoms with E-state index in [4.69, 9.17) is 0 Å². The van der Waals surface area contributed by atoms with Gasteiger partial charge in [0.1, 0.15) is 0 Å². The van der Waals surface area contributed by atoms with Gasteiger partial charge in [-0.15, -0.1) is 11.3 Å². The molecule has 1 aromatic heterocycles. The molecular formula is C13H21N3OS. The number of piperidine rings is 1. The Hall–Kier alpha value is -0.940. The number of amides is 1. The van der Waals surface area contributed by atoms with Gasteiger partial charge in [-0.05, 0) is 39.7 Å². The molecule has 4 nitrogen and oxygen atoms in total. The molecule has 0 aliphatic carbocycles. The van der Waals surface area contributed by atoms with E-state index in [1.165, 1.54) is 0 Å². The van der Waals surface area contributed by atoms with Crippen LogP contribution in [0.1, 0.15) is 36.8 Å². The lowest BCUT2D eigenvalue weighted by atomic mass is 9.77. The number of carbonyl (C=O) groups excluding carboxylic acids is 1. The number of hydrogen-bond acceptors (Lipinski definition) is 4. The summed E-state index contributed by atoms with van der Waals surface area (Å²) in [4.78, 5) is 18.0. The fourth-order valence-electron chi connectivity index (χ4n) is 2.38. The first-order chi connectivity index (χ1) is 8.57. The van der Waals surface area contributed by atoms with Crippen LogP contribution < -0.4 is 10.6 Å². The molecule has 0 bridgehead atoms. The Balaban J connectivity index is 2.10. The van der Waals surface area contributed by atoms with Crippen molar-refractivity contribution in [1.29, 1.82) is 0 Å². The minimum absolute atomic E-state index is 0.117. The van der Waals surface area contributed by atoms with Gasteiger partial charge in [-0.3, -0.25) is 4.79 Å². The summed E-state index contributed by atoms with van der Waals surface area (Å²) in [7, 11) is 0. The maximum absolute atomic E-state index is 12.5. The molecule has 0 saturated carbocycles. The standard InChI is InChI=1S/C13H21N3OS/c1-4-13(6-5-7-14-8-13)11(17)16-12-15-9(2)10(3)18-12/h14H,4-8H2,1-3H3,(H,15,16,17). The van der Waals surface area contributed by atoms with Crippen LogP contribution in [-0.2, 0) is 4.79 Å². The van der Waals surface area contributed by atoms with Gasteiger partial charge in [0, 0.05) is 11.4 Å². The zero-order valence-electron chi connectivity index (χ0n) is 11.3. The minimum atomic E-state index is -0.258. The SMILES string of the molecule is CCC1(C(=O)Nc2nc(C)c(C)s2)CCCNC1. The largest absolute Gasteiger partial charge is 0.316 e. The average Bonchev–Trinajstić information content (AvgIpc) is 2.69. The van der Waals surface area contributed by atoms with Crippen molar-refractivity contribution in [2.45, 2.75) is 40.0 Å². The minimum Gasteiger partial charge on any atom is -0.316 e. The third-order valence-electron chi connectivity index (χ3n) is 3.88. The van der Waals surface area contributed by atoms with E-state index in [0.717, 1.165) is 48.1 Å². The van der Waals surface area contributed by atoms with E-state index in [1.807, 2.05) is 13.8 Å². The maximum atomic E-state index is 12.5. The molecule has 1 aliphatic heterocycles. The first kappa shape index (κ1) is 13.5. The Labute approximate surface area is 112 Å². The Morgan fingerprint density at radius 3 is 2.83 bits per heavy atom. The van der Waals surface area contributed by atoms with Crippen LogP contribution in [0.15, 0.2) is 0 Å². The highest BCUT2D eigenvalue weighted by molar-refractivity contribution is 7.15. The Bertz CT molecular complexity index is 416. The van der Waals surface area contributed by atoms with Crippen LogP contribution in [0.2, 0.25) is 0 Å². The van der Waals surface area contributed by atoms with Crippen LogP contribution in [0.5, 0.6) is 0 Å². The summed E-state index contributed by atoms with van der Waals surface area (Å²) in [5, 5.41) is 7.06. The van der Waals surface area contributed by atoms with Gasteiger partial charge in [-0.25, -0.2) is 4.98 Å². The zero-order valence-corrected chi connectivity index (χ0v) is 12.1. The fourth-order valence-corrected chi connectivity index (χ4v) is 3.19. The van der Waals surface area contributed by atoms with Gasteiger partial charge in [0.05, 0.1) is 11.1 Å². The lowest BCUT2D eigenvalue weighted by Crippen LogP contribution is -2.47. The van der Waals surface area contributed by atoms with Gasteiger partial charge in [-0.2, -0.15) is 0 Å². The van der Waals surface area contributed by atoms with Crippen LogP contribution in [0, 0.1) is 19.3 Å². The number of anilines is 1. The van der Waals surface area contributed by atoms with Crippen molar-refractivity contribution in [2.24, 2.45) is 5.41 Å². The second kappa shape index (κ2) is 5.36. The number of aryl methyl sites for hydroxylation is 2. The third kappa shape index (κ3) is 2.57. The molecule has 1 atom stereocenters. The van der Waals surface area contributed by atoms with Crippen molar-refractivity contribution >= 4 is 22.4 Å². The molecule has 100 valence electrons. The van der Waals surface area contributed by atoms with E-state index < -0.39 is 0 Å². The third-order valence-corrected chi connectivity index (χ3v) is 4.87. The van der Waals surface area contributed by atoms with Crippen LogP contribution in [0.3, 0.4) is 0 Å². The van der Waals surface area contributed by atoms with Crippen molar-refractivity contribution < 1.29 is 4.79 Å². The highest BCUT2D eigenvalue weighted by Gasteiger charge is 2.38. The Morgan fingerprint density at radius 1 is 1.56 bits per heavy atom. The molecule has 18 heavy (non-hydrogen) atoms. The summed E-state index contributed by atoms with van der Waals surface area (Å²) < 4.78 is 0. The highest BCUT2D eigenvalue weighted by Crippen LogP contribution is 2.32. The van der Waals surface area contributed by atoms with Crippen LogP contribution in [-0.4, -0.2) is 24.0 Å². The van der Waals surface area contributed by atoms with E-state index in [2.05, 4.69) is 22.5 Å². The van der Waals surface area contributed by atoms with Crippen molar-refractivity contribution in [3.8, 4) is 0 Å². The summed E-state index contributed by atoms with van der Waals surface area (Å²) in [6, 6.07) is 0. The van der Waals surface area contributed by atoms with Crippen LogP contribution in [0.4, 0.5) is 5.13 Å². The van der Waals surface area contributed by atoms with Crippen molar-refractivity contribution in [3.63, 3.8) is 0 Å². The average molecular weight is 267 g/mol. The summed E-state index contributed by atoms with van der Waals surface area (Å²) in [5.41, 5.74) is 0.744. The number of nitrogens with zero attached hydrogens (tertiary/aromatic N) is 1. The molecule has 5 heteroatoms. The van der Waals surface area contributed by atoms with Crippen LogP contribution in [0.25, 0.3) is 0 Å². The molecule has 1 amide bonds. The van der Waals surface area contributed by atoms with Crippen molar-refractivity contribution in [3.05, 3.63) is 10.6 Å². The number of thiazole rings is 1. The summed E-state index contributed by atoms with van der Waals surface area (Å²) in [6.07, 6.45) is 2.90. The monoisotopic (exact) mass is 267 g/mol. The Kier molecular flexibility index (Phi) is 4.02. The van der Waals surface area contributed by atoms with Gasteiger partial charge in [0.2, 0.25) is 5.91 Å². The molecule has 0 spiro atoms. The molecule has 1 unspecified atom stereocenters. The summed E-state index contributed by atoms with van der Waals surface area (Å²) in [6.45, 7) is 7.88. The number of hydrogen-bond donors (Lipinski definition) is 2. The number of carbonyl (C=O) groups is 1. The molecule has 0 radical (unpaired) electrons. The molecule has 2 rings (SSSR count). The Morgan fingerprint density at radius 2 is 2.33 bits per heavy atom. The molecule has 1 fully saturated rings. The zero-order chi connectivity index (χ0) is 13.2. The molecule has 2 heterocycles. The predicted octanol–water partition coefficient (Wildman–Crippen LogP) is 2.48. The van der Waals surface area contributed by atoms with Crippen molar-refractivity contribution in [2.75, 3.05) is 18.4 Å². The molecule has 1 aromatic rings. The lowest BCUT2D eigenvalue weighted by molar-refractivity contribution is -0.126. The van der Waals surface area contributed by atoms with Gasteiger partial charge >= 0.3 is 0 Å². The maximum Gasteiger partial charge on any atom is 0.233 e. The summed E-state index contributed by atoms with van der Waals surface area (Å²) in [5.74, 6) is 0.117. The van der Waals surface area contributed by atoms with E-state index in [9.17, 15) is 4.79 Å².